The average molecular weight is 457 g/mol. The third kappa shape index (κ3) is 3.99. The highest BCUT2D eigenvalue weighted by Crippen LogP contribution is 2.32. The highest BCUT2D eigenvalue weighted by atomic mass is 19.1. The molecular formula is C21H18F3N7O2. The van der Waals surface area contributed by atoms with Crippen molar-refractivity contribution in [2.45, 2.75) is 18.6 Å². The number of aromatic nitrogens is 4. The lowest BCUT2D eigenvalue weighted by Crippen LogP contribution is -2.58. The molecule has 0 saturated carbocycles. The molecule has 4 heterocycles. The number of urea groups is 1. The van der Waals surface area contributed by atoms with Gasteiger partial charge >= 0.3 is 6.03 Å². The Kier molecular flexibility index (Phi) is 5.19. The predicted molar refractivity (Wildman–Crippen MR) is 110 cm³/mol. The highest BCUT2D eigenvalue weighted by Gasteiger charge is 2.39. The molecule has 5 rings (SSSR count). The molecule has 2 aliphatic heterocycles. The minimum atomic E-state index is -0.720. The molecule has 0 bridgehead atoms. The maximum Gasteiger partial charge on any atom is 0.341 e. The van der Waals surface area contributed by atoms with Crippen LogP contribution in [0.2, 0.25) is 0 Å². The van der Waals surface area contributed by atoms with Crippen molar-refractivity contribution >= 4 is 12.2 Å². The Morgan fingerprint density at radius 2 is 1.85 bits per heavy atom. The number of nitrogens with zero attached hydrogens (tertiary/aromatic N) is 7. The van der Waals surface area contributed by atoms with E-state index in [9.17, 15) is 18.0 Å². The molecule has 0 spiro atoms. The van der Waals surface area contributed by atoms with Gasteiger partial charge in [-0.15, -0.1) is 5.10 Å². The van der Waals surface area contributed by atoms with Crippen LogP contribution in [0.3, 0.4) is 0 Å². The summed E-state index contributed by atoms with van der Waals surface area (Å²) in [6.45, 7) is 0.416. The Balaban J connectivity index is 1.24. The van der Waals surface area contributed by atoms with Gasteiger partial charge in [0.2, 0.25) is 0 Å². The van der Waals surface area contributed by atoms with Gasteiger partial charge in [-0.1, -0.05) is 5.21 Å². The van der Waals surface area contributed by atoms with Crippen LogP contribution < -0.4 is 4.74 Å². The number of likely N-dealkylation sites (tertiary alicyclic amines) is 1. The number of carbonyl (C=O) groups is 1. The molecule has 3 aromatic rings. The SMILES string of the molecule is Cn1nncc1-c1cc(OC2CN(C(=O)N3N=CCC3c3cc(F)cc(F)c3)C2)c(F)cn1. The van der Waals surface area contributed by atoms with Crippen molar-refractivity contribution in [2.24, 2.45) is 12.1 Å². The van der Waals surface area contributed by atoms with Crippen LogP contribution in [0.25, 0.3) is 11.4 Å². The number of halogens is 3. The van der Waals surface area contributed by atoms with E-state index in [1.165, 1.54) is 45.2 Å². The lowest BCUT2D eigenvalue weighted by atomic mass is 10.0. The molecule has 0 radical (unpaired) electrons. The van der Waals surface area contributed by atoms with E-state index in [-0.39, 0.29) is 18.8 Å². The number of benzene rings is 1. The summed E-state index contributed by atoms with van der Waals surface area (Å²) in [6, 6.07) is 3.58. The fourth-order valence-electron chi connectivity index (χ4n) is 3.81. The van der Waals surface area contributed by atoms with E-state index in [0.29, 0.717) is 23.4 Å². The molecule has 2 aromatic heterocycles. The Morgan fingerprint density at radius 1 is 1.09 bits per heavy atom. The first kappa shape index (κ1) is 20.9. The van der Waals surface area contributed by atoms with Crippen molar-refractivity contribution in [3.63, 3.8) is 0 Å². The topological polar surface area (TPSA) is 88.7 Å². The summed E-state index contributed by atoms with van der Waals surface area (Å²) in [5.41, 5.74) is 1.36. The molecule has 0 N–H and O–H groups in total. The summed E-state index contributed by atoms with van der Waals surface area (Å²) >= 11 is 0. The fraction of sp³-hybridized carbons (Fsp3) is 0.286. The number of hydrogen-bond donors (Lipinski definition) is 0. The minimum absolute atomic E-state index is 0.00519. The van der Waals surface area contributed by atoms with E-state index in [4.69, 9.17) is 4.74 Å². The molecule has 1 saturated heterocycles. The number of hydrazone groups is 1. The maximum absolute atomic E-state index is 14.2. The zero-order valence-electron chi connectivity index (χ0n) is 17.4. The van der Waals surface area contributed by atoms with Gasteiger partial charge in [-0.25, -0.2) is 27.7 Å². The van der Waals surface area contributed by atoms with Gasteiger partial charge < -0.3 is 9.64 Å². The van der Waals surface area contributed by atoms with Crippen LogP contribution in [-0.2, 0) is 7.05 Å². The first-order valence-corrected chi connectivity index (χ1v) is 10.1. The third-order valence-corrected chi connectivity index (χ3v) is 5.50. The van der Waals surface area contributed by atoms with E-state index in [0.717, 1.165) is 12.3 Å². The number of hydrogen-bond acceptors (Lipinski definition) is 6. The van der Waals surface area contributed by atoms with Gasteiger partial charge in [0.05, 0.1) is 37.2 Å². The first-order chi connectivity index (χ1) is 15.9. The fourth-order valence-corrected chi connectivity index (χ4v) is 3.81. The molecule has 1 aromatic carbocycles. The molecule has 1 fully saturated rings. The van der Waals surface area contributed by atoms with Gasteiger partial charge in [0.1, 0.15) is 23.4 Å². The highest BCUT2D eigenvalue weighted by molar-refractivity contribution is 5.79. The summed E-state index contributed by atoms with van der Waals surface area (Å²) in [7, 11) is 1.69. The monoisotopic (exact) mass is 457 g/mol. The van der Waals surface area contributed by atoms with Crippen LogP contribution in [0.5, 0.6) is 5.75 Å². The second kappa shape index (κ2) is 8.19. The molecule has 1 atom stereocenters. The zero-order valence-corrected chi connectivity index (χ0v) is 17.4. The average Bonchev–Trinajstić information content (AvgIpc) is 3.39. The van der Waals surface area contributed by atoms with Gasteiger partial charge in [-0.3, -0.25) is 4.98 Å². The summed E-state index contributed by atoms with van der Waals surface area (Å²) in [5, 5.41) is 12.9. The minimum Gasteiger partial charge on any atom is -0.483 e. The number of rotatable bonds is 4. The Labute approximate surface area is 186 Å². The molecule has 0 aliphatic carbocycles. The normalized spacial score (nSPS) is 18.0. The van der Waals surface area contributed by atoms with Gasteiger partial charge in [0.15, 0.2) is 11.6 Å². The number of carbonyl (C=O) groups excluding carboxylic acids is 1. The van der Waals surface area contributed by atoms with E-state index in [1.54, 1.807) is 7.05 Å². The second-order valence-electron chi connectivity index (χ2n) is 7.77. The standard InChI is InChI=1S/C21H18F3N7O2/c1-29-19(9-26-28-29)17-7-20(16(24)8-25-17)33-15-10-30(11-15)21(32)31-18(2-3-27-31)12-4-13(22)6-14(23)5-12/h3-9,15,18H,2,10-11H2,1H3. The van der Waals surface area contributed by atoms with E-state index < -0.39 is 35.6 Å². The van der Waals surface area contributed by atoms with Crippen LogP contribution >= 0.6 is 0 Å². The van der Waals surface area contributed by atoms with E-state index in [1.807, 2.05) is 0 Å². The van der Waals surface area contributed by atoms with Gasteiger partial charge in [-0.05, 0) is 17.7 Å². The molecule has 2 amide bonds. The molecule has 170 valence electrons. The van der Waals surface area contributed by atoms with Crippen molar-refractivity contribution in [2.75, 3.05) is 13.1 Å². The van der Waals surface area contributed by atoms with Crippen molar-refractivity contribution in [3.8, 4) is 17.1 Å². The van der Waals surface area contributed by atoms with Crippen LogP contribution in [0, 0.1) is 17.5 Å². The second-order valence-corrected chi connectivity index (χ2v) is 7.77. The van der Waals surface area contributed by atoms with Crippen molar-refractivity contribution < 1.29 is 22.7 Å². The zero-order chi connectivity index (χ0) is 23.1. The van der Waals surface area contributed by atoms with Crippen LogP contribution in [0.4, 0.5) is 18.0 Å². The number of ether oxygens (including phenoxy) is 1. The van der Waals surface area contributed by atoms with Gasteiger partial charge in [0, 0.05) is 31.8 Å². The summed E-state index contributed by atoms with van der Waals surface area (Å²) in [4.78, 5) is 18.4. The molecule has 12 heteroatoms. The van der Waals surface area contributed by atoms with Crippen molar-refractivity contribution in [1.82, 2.24) is 29.9 Å². The molecule has 33 heavy (non-hydrogen) atoms. The van der Waals surface area contributed by atoms with E-state index >= 15 is 0 Å². The lowest BCUT2D eigenvalue weighted by molar-refractivity contribution is 0.0256. The Hall–Kier alpha value is -3.96. The lowest BCUT2D eigenvalue weighted by Gasteiger charge is -2.41. The summed E-state index contributed by atoms with van der Waals surface area (Å²) < 4.78 is 48.7. The largest absolute Gasteiger partial charge is 0.483 e. The number of aryl methyl sites for hydroxylation is 1. The summed E-state index contributed by atoms with van der Waals surface area (Å²) in [5.74, 6) is -2.06. The van der Waals surface area contributed by atoms with E-state index in [2.05, 4.69) is 20.4 Å². The quantitative estimate of drug-likeness (QED) is 0.601. The molecule has 1 unspecified atom stereocenters. The first-order valence-electron chi connectivity index (χ1n) is 10.1. The predicted octanol–water partition coefficient (Wildman–Crippen LogP) is 2.91. The van der Waals surface area contributed by atoms with Gasteiger partial charge in [-0.2, -0.15) is 5.10 Å². The van der Waals surface area contributed by atoms with Crippen LogP contribution in [0.15, 0.2) is 41.8 Å². The Bertz CT molecular complexity index is 1220. The van der Waals surface area contributed by atoms with Crippen LogP contribution in [0.1, 0.15) is 18.0 Å². The molecule has 9 nitrogen and oxygen atoms in total. The molecule has 2 aliphatic rings. The van der Waals surface area contributed by atoms with Gasteiger partial charge in [0.25, 0.3) is 0 Å². The Morgan fingerprint density at radius 3 is 2.55 bits per heavy atom. The molecular weight excluding hydrogens is 439 g/mol. The van der Waals surface area contributed by atoms with Crippen LogP contribution in [-0.4, -0.2) is 61.3 Å². The van der Waals surface area contributed by atoms with Crippen molar-refractivity contribution in [1.29, 1.82) is 0 Å². The number of amides is 2. The maximum atomic E-state index is 14.2. The smallest absolute Gasteiger partial charge is 0.341 e. The number of pyridine rings is 1. The third-order valence-electron chi connectivity index (χ3n) is 5.50. The van der Waals surface area contributed by atoms with Crippen molar-refractivity contribution in [3.05, 3.63) is 59.7 Å². The summed E-state index contributed by atoms with van der Waals surface area (Å²) in [6.07, 6.45) is 4.00.